The van der Waals surface area contributed by atoms with Gasteiger partial charge in [0.1, 0.15) is 17.3 Å². The number of hydrogen-bond acceptors (Lipinski definition) is 9. The molecule has 4 rings (SSSR count). The average molecular weight is 539 g/mol. The largest absolute Gasteiger partial charge is 0.465 e. The lowest BCUT2D eigenvalue weighted by Crippen LogP contribution is -2.61. The minimum absolute atomic E-state index is 0.120. The molecule has 10 nitrogen and oxygen atoms in total. The Morgan fingerprint density at radius 3 is 2.62 bits per heavy atom. The number of esters is 1. The Kier molecular flexibility index (Phi) is 8.73. The van der Waals surface area contributed by atoms with Gasteiger partial charge in [0.25, 0.3) is 5.91 Å². The van der Waals surface area contributed by atoms with Gasteiger partial charge in [-0.05, 0) is 64.0 Å². The van der Waals surface area contributed by atoms with E-state index in [1.165, 1.54) is 7.11 Å². The van der Waals surface area contributed by atoms with E-state index in [9.17, 15) is 9.59 Å². The molecule has 4 heterocycles. The number of rotatable bonds is 8. The second kappa shape index (κ2) is 11.9. The van der Waals surface area contributed by atoms with Crippen LogP contribution in [0.5, 0.6) is 0 Å². The Bertz CT molecular complexity index is 1190. The smallest absolute Gasteiger partial charge is 0.339 e. The maximum Gasteiger partial charge on any atom is 0.339 e. The number of carbonyl (C=O) groups is 2. The predicted octanol–water partition coefficient (Wildman–Crippen LogP) is 3.98. The molecule has 39 heavy (non-hydrogen) atoms. The van der Waals surface area contributed by atoms with Gasteiger partial charge in [-0.2, -0.15) is 0 Å². The molecule has 2 aromatic heterocycles. The first-order valence-electron chi connectivity index (χ1n) is 13.8. The van der Waals surface area contributed by atoms with Crippen molar-refractivity contribution < 1.29 is 19.1 Å². The number of piperazine rings is 1. The molecule has 0 spiro atoms. The van der Waals surface area contributed by atoms with Crippen LogP contribution < -0.4 is 10.2 Å². The highest BCUT2D eigenvalue weighted by atomic mass is 16.5. The number of hydrogen-bond donors (Lipinski definition) is 1. The molecule has 212 valence electrons. The molecule has 0 aromatic carbocycles. The van der Waals surface area contributed by atoms with Gasteiger partial charge in [-0.15, -0.1) is 0 Å². The first kappa shape index (κ1) is 28.7. The van der Waals surface area contributed by atoms with Crippen LogP contribution in [0.15, 0.2) is 12.3 Å². The summed E-state index contributed by atoms with van der Waals surface area (Å²) in [5.74, 6) is 1.74. The third kappa shape index (κ3) is 6.32. The van der Waals surface area contributed by atoms with E-state index < -0.39 is 5.54 Å². The van der Waals surface area contributed by atoms with E-state index in [1.807, 2.05) is 24.8 Å². The monoisotopic (exact) mass is 538 g/mol. The molecular formula is C29H42N6O4. The molecule has 1 N–H and O–H groups in total. The number of amides is 1. The number of pyridine rings is 1. The predicted molar refractivity (Wildman–Crippen MR) is 151 cm³/mol. The number of nitrogens with zero attached hydrogens (tertiary/aromatic N) is 5. The lowest BCUT2D eigenvalue weighted by Gasteiger charge is -2.47. The molecule has 0 radical (unpaired) electrons. The summed E-state index contributed by atoms with van der Waals surface area (Å²) >= 11 is 0. The number of carbonyl (C=O) groups excluding carboxylic acids is 2. The molecule has 2 saturated heterocycles. The Hall–Kier alpha value is -3.27. The lowest BCUT2D eigenvalue weighted by molar-refractivity contribution is 0.0505. The Balaban J connectivity index is 1.47. The summed E-state index contributed by atoms with van der Waals surface area (Å²) in [6.07, 6.45) is 3.73. The molecule has 2 fully saturated rings. The summed E-state index contributed by atoms with van der Waals surface area (Å²) in [6.45, 7) is 16.2. The zero-order chi connectivity index (χ0) is 28.3. The average Bonchev–Trinajstić information content (AvgIpc) is 3.40. The minimum Gasteiger partial charge on any atom is -0.465 e. The molecule has 2 aliphatic heterocycles. The molecular weight excluding hydrogens is 496 g/mol. The van der Waals surface area contributed by atoms with Crippen molar-refractivity contribution in [1.29, 1.82) is 0 Å². The third-order valence-electron chi connectivity index (χ3n) is 7.68. The van der Waals surface area contributed by atoms with Gasteiger partial charge in [-0.1, -0.05) is 13.8 Å². The third-order valence-corrected chi connectivity index (χ3v) is 7.68. The number of ether oxygens (including phenoxy) is 2. The highest BCUT2D eigenvalue weighted by Crippen LogP contribution is 2.29. The van der Waals surface area contributed by atoms with Gasteiger partial charge < -0.3 is 24.6 Å². The minimum atomic E-state index is -0.472. The van der Waals surface area contributed by atoms with Gasteiger partial charge in [-0.25, -0.2) is 19.7 Å². The highest BCUT2D eigenvalue weighted by Gasteiger charge is 2.38. The van der Waals surface area contributed by atoms with E-state index >= 15 is 0 Å². The maximum absolute atomic E-state index is 13.7. The molecule has 1 amide bonds. The van der Waals surface area contributed by atoms with Crippen molar-refractivity contribution >= 4 is 23.5 Å². The van der Waals surface area contributed by atoms with Crippen LogP contribution in [-0.4, -0.2) is 83.8 Å². The van der Waals surface area contributed by atoms with Gasteiger partial charge in [0, 0.05) is 39.4 Å². The standard InChI is InChI=1S/C29H42N6O4/c1-18(2)25-26(30-10-8-21-9-13-39-16-21)31-15-22(33-25)27(36)35-12-11-34(17-29(35,5)6)23-14-19(3)24(20(4)32-23)28(37)38-7/h14-15,18,21H,8-13,16-17H2,1-7H3,(H,30,31). The number of aryl methyl sites for hydroxylation is 2. The van der Waals surface area contributed by atoms with Crippen molar-refractivity contribution in [3.63, 3.8) is 0 Å². The molecule has 0 aliphatic carbocycles. The maximum atomic E-state index is 13.7. The second-order valence-corrected chi connectivity index (χ2v) is 11.5. The van der Waals surface area contributed by atoms with Crippen LogP contribution >= 0.6 is 0 Å². The quantitative estimate of drug-likeness (QED) is 0.499. The summed E-state index contributed by atoms with van der Waals surface area (Å²) in [5.41, 5.74) is 2.65. The van der Waals surface area contributed by atoms with Crippen molar-refractivity contribution in [2.75, 3.05) is 56.7 Å². The lowest BCUT2D eigenvalue weighted by atomic mass is 9.97. The molecule has 0 saturated carbocycles. The van der Waals surface area contributed by atoms with Gasteiger partial charge in [0.15, 0.2) is 0 Å². The first-order chi connectivity index (χ1) is 18.5. The van der Waals surface area contributed by atoms with E-state index in [0.29, 0.717) is 42.5 Å². The second-order valence-electron chi connectivity index (χ2n) is 11.5. The number of methoxy groups -OCH3 is 1. The zero-order valence-corrected chi connectivity index (χ0v) is 24.3. The van der Waals surface area contributed by atoms with Gasteiger partial charge >= 0.3 is 5.97 Å². The van der Waals surface area contributed by atoms with Crippen LogP contribution in [0.2, 0.25) is 0 Å². The first-order valence-corrected chi connectivity index (χ1v) is 13.8. The zero-order valence-electron chi connectivity index (χ0n) is 24.3. The van der Waals surface area contributed by atoms with E-state index in [0.717, 1.165) is 55.5 Å². The van der Waals surface area contributed by atoms with Crippen LogP contribution in [0.3, 0.4) is 0 Å². The topological polar surface area (TPSA) is 110 Å². The van der Waals surface area contributed by atoms with Crippen molar-refractivity contribution in [2.24, 2.45) is 5.92 Å². The molecule has 1 atom stereocenters. The van der Waals surface area contributed by atoms with Crippen molar-refractivity contribution in [3.8, 4) is 0 Å². The van der Waals surface area contributed by atoms with E-state index in [4.69, 9.17) is 19.4 Å². The Morgan fingerprint density at radius 1 is 1.23 bits per heavy atom. The van der Waals surface area contributed by atoms with Gasteiger partial charge in [-0.3, -0.25) is 4.79 Å². The normalized spacial score (nSPS) is 18.9. The SMILES string of the molecule is COC(=O)c1c(C)cc(N2CCN(C(=O)c3cnc(NCCC4CCOC4)c(C(C)C)n3)C(C)(C)C2)nc1C. The number of aromatic nitrogens is 3. The van der Waals surface area contributed by atoms with Crippen LogP contribution in [-0.2, 0) is 9.47 Å². The Morgan fingerprint density at radius 2 is 2.00 bits per heavy atom. The summed E-state index contributed by atoms with van der Waals surface area (Å²) in [7, 11) is 1.37. The van der Waals surface area contributed by atoms with Crippen LogP contribution in [0.4, 0.5) is 11.6 Å². The summed E-state index contributed by atoms with van der Waals surface area (Å²) in [4.78, 5) is 44.0. The van der Waals surface area contributed by atoms with Gasteiger partial charge in [0.05, 0.1) is 35.8 Å². The van der Waals surface area contributed by atoms with Crippen LogP contribution in [0, 0.1) is 19.8 Å². The van der Waals surface area contributed by atoms with Crippen molar-refractivity contribution in [3.05, 3.63) is 40.5 Å². The highest BCUT2D eigenvalue weighted by molar-refractivity contribution is 5.93. The molecule has 10 heteroatoms. The number of nitrogens with one attached hydrogen (secondary N) is 1. The molecule has 0 bridgehead atoms. The molecule has 2 aromatic rings. The van der Waals surface area contributed by atoms with E-state index in [-0.39, 0.29) is 17.8 Å². The van der Waals surface area contributed by atoms with Crippen molar-refractivity contribution in [2.45, 2.75) is 65.8 Å². The Labute approximate surface area is 231 Å². The molecule has 2 aliphatic rings. The van der Waals surface area contributed by atoms with E-state index in [1.54, 1.807) is 6.20 Å². The van der Waals surface area contributed by atoms with Crippen molar-refractivity contribution in [1.82, 2.24) is 19.9 Å². The van der Waals surface area contributed by atoms with Gasteiger partial charge in [0.2, 0.25) is 0 Å². The fourth-order valence-electron chi connectivity index (χ4n) is 5.50. The number of anilines is 2. The van der Waals surface area contributed by atoms with Crippen LogP contribution in [0.25, 0.3) is 0 Å². The fourth-order valence-corrected chi connectivity index (χ4v) is 5.50. The molecule has 1 unspecified atom stereocenters. The summed E-state index contributed by atoms with van der Waals surface area (Å²) < 4.78 is 10.4. The summed E-state index contributed by atoms with van der Waals surface area (Å²) in [5, 5.41) is 3.43. The van der Waals surface area contributed by atoms with Crippen LogP contribution in [0.1, 0.15) is 84.3 Å². The fraction of sp³-hybridized carbons (Fsp3) is 0.621. The summed E-state index contributed by atoms with van der Waals surface area (Å²) in [6, 6.07) is 1.92. The van der Waals surface area contributed by atoms with E-state index in [2.05, 4.69) is 42.9 Å².